The van der Waals surface area contributed by atoms with Crippen molar-refractivity contribution >= 4 is 39.8 Å². The number of benzene rings is 4. The molecule has 23 heavy (non-hydrogen) atoms. The second kappa shape index (κ2) is 5.59. The quantitative estimate of drug-likeness (QED) is 0.382. The van der Waals surface area contributed by atoms with Gasteiger partial charge in [0.25, 0.3) is 0 Å². The standard InChI is InChI=1S/C22H18B/c1-15-8-7-13-21(16(15)2)23-22-19-11-5-3-9-17(19)14-18-10-4-6-12-20(18)22/h3-14H,1-2H3. The second-order valence-electron chi connectivity index (χ2n) is 6.17. The summed E-state index contributed by atoms with van der Waals surface area (Å²) in [6.45, 7) is 4.38. The molecule has 0 unspecified atom stereocenters. The molecule has 0 N–H and O–H groups in total. The summed E-state index contributed by atoms with van der Waals surface area (Å²) >= 11 is 0. The molecule has 4 aromatic carbocycles. The Kier molecular flexibility index (Phi) is 3.42. The van der Waals surface area contributed by atoms with Gasteiger partial charge in [-0.2, -0.15) is 0 Å². The minimum absolute atomic E-state index is 1.29. The number of rotatable bonds is 2. The molecule has 4 rings (SSSR count). The molecule has 0 saturated heterocycles. The minimum Gasteiger partial charge on any atom is -0.0783 e. The van der Waals surface area contributed by atoms with Gasteiger partial charge in [-0.15, -0.1) is 0 Å². The van der Waals surface area contributed by atoms with Crippen LogP contribution >= 0.6 is 0 Å². The van der Waals surface area contributed by atoms with Gasteiger partial charge in [0.1, 0.15) is 0 Å². The number of aryl methyl sites for hydroxylation is 1. The van der Waals surface area contributed by atoms with Crippen LogP contribution in [0.3, 0.4) is 0 Å². The molecule has 0 heterocycles. The Morgan fingerprint density at radius 2 is 1.26 bits per heavy atom. The zero-order valence-electron chi connectivity index (χ0n) is 13.5. The first-order valence-electron chi connectivity index (χ1n) is 8.05. The normalized spacial score (nSPS) is 11.0. The maximum Gasteiger partial charge on any atom is 0.193 e. The Hall–Kier alpha value is -2.54. The fourth-order valence-electron chi connectivity index (χ4n) is 3.29. The van der Waals surface area contributed by atoms with Crippen LogP contribution in [0.25, 0.3) is 21.5 Å². The van der Waals surface area contributed by atoms with Gasteiger partial charge in [0.2, 0.25) is 0 Å². The molecule has 1 radical (unpaired) electrons. The SMILES string of the molecule is Cc1cccc([B]c2c3ccccc3cc3ccccc23)c1C. The van der Waals surface area contributed by atoms with Crippen molar-refractivity contribution in [3.8, 4) is 0 Å². The van der Waals surface area contributed by atoms with Crippen LogP contribution in [-0.4, -0.2) is 7.28 Å². The zero-order chi connectivity index (χ0) is 15.8. The van der Waals surface area contributed by atoms with Gasteiger partial charge in [0, 0.05) is 0 Å². The number of hydrogen-bond acceptors (Lipinski definition) is 0. The molecule has 0 aromatic heterocycles. The van der Waals surface area contributed by atoms with Crippen LogP contribution in [0.1, 0.15) is 11.1 Å². The Bertz CT molecular complexity index is 961. The topological polar surface area (TPSA) is 0 Å². The largest absolute Gasteiger partial charge is 0.193 e. The highest BCUT2D eigenvalue weighted by atomic mass is 14.1. The number of fused-ring (bicyclic) bond motifs is 2. The Morgan fingerprint density at radius 1 is 0.652 bits per heavy atom. The molecule has 1 heteroatoms. The summed E-state index contributed by atoms with van der Waals surface area (Å²) in [5.41, 5.74) is 5.30. The molecule has 4 aromatic rings. The molecular formula is C22H18B. The molecular weight excluding hydrogens is 275 g/mol. The van der Waals surface area contributed by atoms with E-state index in [0.717, 1.165) is 0 Å². The molecule has 0 aliphatic carbocycles. The first-order valence-corrected chi connectivity index (χ1v) is 8.05. The molecule has 0 aliphatic heterocycles. The Labute approximate surface area is 138 Å². The van der Waals surface area contributed by atoms with Crippen molar-refractivity contribution in [1.82, 2.24) is 0 Å². The maximum atomic E-state index is 2.34. The molecule has 0 nitrogen and oxygen atoms in total. The van der Waals surface area contributed by atoms with E-state index in [1.165, 1.54) is 43.6 Å². The van der Waals surface area contributed by atoms with Gasteiger partial charge in [0.15, 0.2) is 7.28 Å². The van der Waals surface area contributed by atoms with Crippen LogP contribution in [0.5, 0.6) is 0 Å². The van der Waals surface area contributed by atoms with E-state index in [4.69, 9.17) is 0 Å². The third-order valence-electron chi connectivity index (χ3n) is 4.76. The average molecular weight is 293 g/mol. The molecule has 0 aliphatic rings. The summed E-state index contributed by atoms with van der Waals surface area (Å²) in [4.78, 5) is 0. The predicted octanol–water partition coefficient (Wildman–Crippen LogP) is 4.26. The van der Waals surface area contributed by atoms with Crippen molar-refractivity contribution < 1.29 is 0 Å². The second-order valence-corrected chi connectivity index (χ2v) is 6.17. The van der Waals surface area contributed by atoms with E-state index in [2.05, 4.69) is 93.9 Å². The molecule has 0 fully saturated rings. The van der Waals surface area contributed by atoms with Crippen molar-refractivity contribution in [3.63, 3.8) is 0 Å². The Balaban J connectivity index is 2.01. The lowest BCUT2D eigenvalue weighted by Crippen LogP contribution is -2.30. The van der Waals surface area contributed by atoms with Gasteiger partial charge in [-0.25, -0.2) is 0 Å². The van der Waals surface area contributed by atoms with Crippen molar-refractivity contribution in [3.05, 3.63) is 83.9 Å². The van der Waals surface area contributed by atoms with E-state index in [9.17, 15) is 0 Å². The first kappa shape index (κ1) is 14.1. The predicted molar refractivity (Wildman–Crippen MR) is 102 cm³/mol. The first-order chi connectivity index (χ1) is 11.2. The monoisotopic (exact) mass is 293 g/mol. The van der Waals surface area contributed by atoms with Gasteiger partial charge in [-0.3, -0.25) is 0 Å². The minimum atomic E-state index is 1.29. The molecule has 0 bridgehead atoms. The number of hydrogen-bond donors (Lipinski definition) is 0. The van der Waals surface area contributed by atoms with Gasteiger partial charge >= 0.3 is 0 Å². The van der Waals surface area contributed by atoms with Gasteiger partial charge < -0.3 is 0 Å². The van der Waals surface area contributed by atoms with Crippen LogP contribution in [0.15, 0.2) is 72.8 Å². The van der Waals surface area contributed by atoms with E-state index < -0.39 is 0 Å². The van der Waals surface area contributed by atoms with Crippen LogP contribution in [0, 0.1) is 13.8 Å². The highest BCUT2D eigenvalue weighted by Crippen LogP contribution is 2.20. The third kappa shape index (κ3) is 2.43. The lowest BCUT2D eigenvalue weighted by molar-refractivity contribution is 1.37. The summed E-state index contributed by atoms with van der Waals surface area (Å²) in [5, 5.41) is 5.21. The fraction of sp³-hybridized carbons (Fsp3) is 0.0909. The van der Waals surface area contributed by atoms with E-state index in [1.807, 2.05) is 0 Å². The highest BCUT2D eigenvalue weighted by molar-refractivity contribution is 6.73. The molecule has 109 valence electrons. The molecule has 0 amide bonds. The molecule has 0 saturated carbocycles. The van der Waals surface area contributed by atoms with Gasteiger partial charge in [-0.05, 0) is 47.0 Å². The van der Waals surface area contributed by atoms with Crippen LogP contribution in [-0.2, 0) is 0 Å². The summed E-state index contributed by atoms with van der Waals surface area (Å²) in [6, 6.07) is 26.1. The summed E-state index contributed by atoms with van der Waals surface area (Å²) in [7, 11) is 2.34. The van der Waals surface area contributed by atoms with Crippen molar-refractivity contribution in [2.45, 2.75) is 13.8 Å². The van der Waals surface area contributed by atoms with E-state index in [0.29, 0.717) is 0 Å². The fourth-order valence-corrected chi connectivity index (χ4v) is 3.29. The maximum absolute atomic E-state index is 2.34. The smallest absolute Gasteiger partial charge is 0.0783 e. The Morgan fingerprint density at radius 3 is 1.91 bits per heavy atom. The van der Waals surface area contributed by atoms with Crippen molar-refractivity contribution in [2.24, 2.45) is 0 Å². The van der Waals surface area contributed by atoms with Crippen molar-refractivity contribution in [2.75, 3.05) is 0 Å². The summed E-state index contributed by atoms with van der Waals surface area (Å²) in [5.74, 6) is 0. The highest BCUT2D eigenvalue weighted by Gasteiger charge is 2.11. The van der Waals surface area contributed by atoms with E-state index in [-0.39, 0.29) is 0 Å². The van der Waals surface area contributed by atoms with Crippen LogP contribution in [0.4, 0.5) is 0 Å². The summed E-state index contributed by atoms with van der Waals surface area (Å²) in [6.07, 6.45) is 0. The van der Waals surface area contributed by atoms with E-state index >= 15 is 0 Å². The summed E-state index contributed by atoms with van der Waals surface area (Å²) < 4.78 is 0. The molecule has 0 atom stereocenters. The van der Waals surface area contributed by atoms with Gasteiger partial charge in [-0.1, -0.05) is 83.2 Å². The van der Waals surface area contributed by atoms with Crippen molar-refractivity contribution in [1.29, 1.82) is 0 Å². The van der Waals surface area contributed by atoms with E-state index in [1.54, 1.807) is 0 Å². The van der Waals surface area contributed by atoms with Crippen LogP contribution < -0.4 is 10.9 Å². The molecule has 0 spiro atoms. The van der Waals surface area contributed by atoms with Gasteiger partial charge in [0.05, 0.1) is 0 Å². The lowest BCUT2D eigenvalue weighted by atomic mass is 9.59. The lowest BCUT2D eigenvalue weighted by Gasteiger charge is -2.13. The van der Waals surface area contributed by atoms with Crippen LogP contribution in [0.2, 0.25) is 0 Å². The average Bonchev–Trinajstić information content (AvgIpc) is 2.58. The zero-order valence-corrected chi connectivity index (χ0v) is 13.5. The third-order valence-corrected chi connectivity index (χ3v) is 4.76.